The number of fused-ring (bicyclic) bond motifs is 1. The summed E-state index contributed by atoms with van der Waals surface area (Å²) in [4.78, 5) is 0. The third-order valence-electron chi connectivity index (χ3n) is 3.65. The fourth-order valence-electron chi connectivity index (χ4n) is 2.66. The van der Waals surface area contributed by atoms with E-state index in [0.717, 1.165) is 30.9 Å². The molecule has 2 aromatic heterocycles. The van der Waals surface area contributed by atoms with Crippen LogP contribution in [0.3, 0.4) is 0 Å². The van der Waals surface area contributed by atoms with Gasteiger partial charge in [-0.15, -0.1) is 10.2 Å². The van der Waals surface area contributed by atoms with Crippen molar-refractivity contribution in [2.45, 2.75) is 44.3 Å². The molecular weight excluding hydrogens is 226 g/mol. The van der Waals surface area contributed by atoms with E-state index in [0.29, 0.717) is 12.1 Å². The topological polar surface area (TPSA) is 68.2 Å². The summed E-state index contributed by atoms with van der Waals surface area (Å²) in [6.45, 7) is 0.753. The Balaban J connectivity index is 1.66. The van der Waals surface area contributed by atoms with Crippen molar-refractivity contribution >= 4 is 5.65 Å². The van der Waals surface area contributed by atoms with E-state index in [1.54, 1.807) is 0 Å². The average Bonchev–Trinajstić information content (AvgIpc) is 2.80. The third-order valence-corrected chi connectivity index (χ3v) is 3.65. The molecule has 0 saturated heterocycles. The van der Waals surface area contributed by atoms with Crippen LogP contribution in [-0.4, -0.2) is 26.7 Å². The maximum absolute atomic E-state index is 5.99. The van der Waals surface area contributed by atoms with E-state index < -0.39 is 0 Å². The predicted molar refractivity (Wildman–Crippen MR) is 70.1 cm³/mol. The number of nitrogens with zero attached hydrogens (tertiary/aromatic N) is 3. The molecule has 96 valence electrons. The molecule has 1 fully saturated rings. The fraction of sp³-hybridized carbons (Fsp3) is 0.538. The maximum Gasteiger partial charge on any atom is 0.160 e. The van der Waals surface area contributed by atoms with Crippen LogP contribution in [0.25, 0.3) is 5.65 Å². The first kappa shape index (κ1) is 11.6. The van der Waals surface area contributed by atoms with Crippen molar-refractivity contribution in [3.05, 3.63) is 30.2 Å². The van der Waals surface area contributed by atoms with Crippen LogP contribution in [0, 0.1) is 0 Å². The van der Waals surface area contributed by atoms with Crippen molar-refractivity contribution in [1.82, 2.24) is 19.9 Å². The number of aromatic nitrogens is 3. The lowest BCUT2D eigenvalue weighted by atomic mass is 9.92. The molecule has 3 N–H and O–H groups in total. The van der Waals surface area contributed by atoms with Crippen molar-refractivity contribution in [3.63, 3.8) is 0 Å². The molecule has 1 aliphatic rings. The Hall–Kier alpha value is -1.46. The zero-order chi connectivity index (χ0) is 12.4. The molecule has 0 spiro atoms. The van der Waals surface area contributed by atoms with Gasteiger partial charge in [-0.1, -0.05) is 12.5 Å². The van der Waals surface area contributed by atoms with Crippen LogP contribution in [0.15, 0.2) is 24.4 Å². The molecule has 2 atom stereocenters. The minimum Gasteiger partial charge on any atom is -0.328 e. The van der Waals surface area contributed by atoms with Gasteiger partial charge in [0.15, 0.2) is 11.5 Å². The second-order valence-corrected chi connectivity index (χ2v) is 5.05. The largest absolute Gasteiger partial charge is 0.328 e. The SMILES string of the molecule is NC1CCCC(NCc2nnc3ccccn23)C1. The molecule has 5 heteroatoms. The highest BCUT2D eigenvalue weighted by Gasteiger charge is 2.19. The van der Waals surface area contributed by atoms with Crippen LogP contribution < -0.4 is 11.1 Å². The molecule has 0 aromatic carbocycles. The molecule has 3 rings (SSSR count). The lowest BCUT2D eigenvalue weighted by Crippen LogP contribution is -2.39. The normalized spacial score (nSPS) is 24.5. The summed E-state index contributed by atoms with van der Waals surface area (Å²) < 4.78 is 2.02. The van der Waals surface area contributed by atoms with E-state index in [1.165, 1.54) is 12.8 Å². The van der Waals surface area contributed by atoms with Gasteiger partial charge in [-0.2, -0.15) is 0 Å². The quantitative estimate of drug-likeness (QED) is 0.849. The Bertz CT molecular complexity index is 521. The second kappa shape index (κ2) is 5.04. The molecule has 2 aromatic rings. The van der Waals surface area contributed by atoms with Crippen LogP contribution in [0.2, 0.25) is 0 Å². The molecule has 1 saturated carbocycles. The van der Waals surface area contributed by atoms with Crippen LogP contribution >= 0.6 is 0 Å². The molecule has 0 amide bonds. The Kier molecular flexibility index (Phi) is 3.25. The summed E-state index contributed by atoms with van der Waals surface area (Å²) in [7, 11) is 0. The Labute approximate surface area is 106 Å². The first-order valence-corrected chi connectivity index (χ1v) is 6.60. The molecule has 0 radical (unpaired) electrons. The zero-order valence-corrected chi connectivity index (χ0v) is 10.4. The monoisotopic (exact) mass is 245 g/mol. The number of rotatable bonds is 3. The number of nitrogens with two attached hydrogens (primary N) is 1. The third kappa shape index (κ3) is 2.37. The summed E-state index contributed by atoms with van der Waals surface area (Å²) >= 11 is 0. The number of hydrogen-bond acceptors (Lipinski definition) is 4. The highest BCUT2D eigenvalue weighted by atomic mass is 15.3. The maximum atomic E-state index is 5.99. The van der Waals surface area contributed by atoms with Crippen LogP contribution in [-0.2, 0) is 6.54 Å². The van der Waals surface area contributed by atoms with E-state index in [-0.39, 0.29) is 0 Å². The fourth-order valence-corrected chi connectivity index (χ4v) is 2.66. The first-order chi connectivity index (χ1) is 8.83. The van der Waals surface area contributed by atoms with Crippen molar-refractivity contribution in [3.8, 4) is 0 Å². The number of nitrogens with one attached hydrogen (secondary N) is 1. The van der Waals surface area contributed by atoms with Crippen molar-refractivity contribution < 1.29 is 0 Å². The van der Waals surface area contributed by atoms with E-state index >= 15 is 0 Å². The summed E-state index contributed by atoms with van der Waals surface area (Å²) in [6.07, 6.45) is 6.66. The Morgan fingerprint density at radius 2 is 2.28 bits per heavy atom. The van der Waals surface area contributed by atoms with Gasteiger partial charge in [-0.05, 0) is 31.4 Å². The van der Waals surface area contributed by atoms with Crippen LogP contribution in [0.5, 0.6) is 0 Å². The lowest BCUT2D eigenvalue weighted by molar-refractivity contribution is 0.336. The summed E-state index contributed by atoms with van der Waals surface area (Å²) in [5.74, 6) is 0.963. The van der Waals surface area contributed by atoms with Gasteiger partial charge in [-0.25, -0.2) is 0 Å². The highest BCUT2D eigenvalue weighted by Crippen LogP contribution is 2.17. The molecule has 2 heterocycles. The van der Waals surface area contributed by atoms with Gasteiger partial charge in [0.25, 0.3) is 0 Å². The standard InChI is InChI=1S/C13H19N5/c14-10-4-3-5-11(8-10)15-9-13-17-16-12-6-1-2-7-18(12)13/h1-2,6-7,10-11,15H,3-5,8-9,14H2. The molecule has 18 heavy (non-hydrogen) atoms. The van der Waals surface area contributed by atoms with E-state index in [9.17, 15) is 0 Å². The molecule has 2 unspecified atom stereocenters. The average molecular weight is 245 g/mol. The summed E-state index contributed by atoms with van der Waals surface area (Å²) in [5, 5.41) is 11.9. The van der Waals surface area contributed by atoms with E-state index in [4.69, 9.17) is 5.73 Å². The highest BCUT2D eigenvalue weighted by molar-refractivity contribution is 5.36. The Morgan fingerprint density at radius 3 is 3.17 bits per heavy atom. The molecule has 5 nitrogen and oxygen atoms in total. The van der Waals surface area contributed by atoms with Gasteiger partial charge < -0.3 is 11.1 Å². The summed E-state index contributed by atoms with van der Waals surface area (Å²) in [6, 6.07) is 6.81. The molecule has 1 aliphatic carbocycles. The smallest absolute Gasteiger partial charge is 0.160 e. The van der Waals surface area contributed by atoms with Gasteiger partial charge in [0.2, 0.25) is 0 Å². The van der Waals surface area contributed by atoms with E-state index in [2.05, 4.69) is 15.5 Å². The minimum absolute atomic E-state index is 0.353. The van der Waals surface area contributed by atoms with Crippen molar-refractivity contribution in [1.29, 1.82) is 0 Å². The van der Waals surface area contributed by atoms with E-state index in [1.807, 2.05) is 28.8 Å². The number of pyridine rings is 1. The molecule has 0 aliphatic heterocycles. The predicted octanol–water partition coefficient (Wildman–Crippen LogP) is 1.09. The van der Waals surface area contributed by atoms with Gasteiger partial charge in [0.1, 0.15) is 0 Å². The zero-order valence-electron chi connectivity index (χ0n) is 10.4. The summed E-state index contributed by atoms with van der Waals surface area (Å²) in [5.41, 5.74) is 6.89. The van der Waals surface area contributed by atoms with Crippen LogP contribution in [0.4, 0.5) is 0 Å². The second-order valence-electron chi connectivity index (χ2n) is 5.05. The molecular formula is C13H19N5. The van der Waals surface area contributed by atoms with Gasteiger partial charge in [0.05, 0.1) is 6.54 Å². The number of hydrogen-bond donors (Lipinski definition) is 2. The minimum atomic E-state index is 0.353. The molecule has 0 bridgehead atoms. The first-order valence-electron chi connectivity index (χ1n) is 6.60. The Morgan fingerprint density at radius 1 is 1.33 bits per heavy atom. The van der Waals surface area contributed by atoms with Crippen LogP contribution in [0.1, 0.15) is 31.5 Å². The van der Waals surface area contributed by atoms with Crippen molar-refractivity contribution in [2.75, 3.05) is 0 Å². The lowest BCUT2D eigenvalue weighted by Gasteiger charge is -2.27. The van der Waals surface area contributed by atoms with Crippen molar-refractivity contribution in [2.24, 2.45) is 5.73 Å². The van der Waals surface area contributed by atoms with Gasteiger partial charge >= 0.3 is 0 Å². The van der Waals surface area contributed by atoms with Gasteiger partial charge in [-0.3, -0.25) is 4.40 Å². The van der Waals surface area contributed by atoms with Gasteiger partial charge in [0, 0.05) is 18.3 Å².